The number of carbonyl (C=O) groups excluding carboxylic acids is 1. The van der Waals surface area contributed by atoms with E-state index in [1.165, 1.54) is 6.33 Å². The molecule has 1 aromatic heterocycles. The Bertz CT molecular complexity index is 365. The molecule has 0 spiro atoms. The molecule has 0 aliphatic carbocycles. The molecule has 0 radical (unpaired) electrons. The van der Waals surface area contributed by atoms with Gasteiger partial charge in [0.05, 0.1) is 6.54 Å². The highest BCUT2D eigenvalue weighted by Gasteiger charge is 2.30. The van der Waals surface area contributed by atoms with E-state index in [0.29, 0.717) is 19.0 Å². The van der Waals surface area contributed by atoms with Crippen LogP contribution in [0.15, 0.2) is 10.9 Å². The first-order valence-corrected chi connectivity index (χ1v) is 5.60. The highest BCUT2D eigenvalue weighted by molar-refractivity contribution is 5.81. The summed E-state index contributed by atoms with van der Waals surface area (Å²) in [6.45, 7) is 2.84. The molecule has 0 saturated carbocycles. The molecule has 2 heterocycles. The molecule has 94 valence electrons. The van der Waals surface area contributed by atoms with Gasteiger partial charge in [-0.05, 0) is 0 Å². The lowest BCUT2D eigenvalue weighted by Crippen LogP contribution is -2.57. The van der Waals surface area contributed by atoms with Crippen molar-refractivity contribution in [3.05, 3.63) is 12.2 Å². The van der Waals surface area contributed by atoms with Gasteiger partial charge in [-0.1, -0.05) is 5.16 Å². The van der Waals surface area contributed by atoms with E-state index in [2.05, 4.69) is 20.4 Å². The fraction of sp³-hybridized carbons (Fsp3) is 0.700. The maximum absolute atomic E-state index is 12.0. The minimum Gasteiger partial charge on any atom is -0.347 e. The molecule has 17 heavy (non-hydrogen) atoms. The zero-order valence-corrected chi connectivity index (χ0v) is 10.1. The van der Waals surface area contributed by atoms with Gasteiger partial charge in [0.1, 0.15) is 6.04 Å². The van der Waals surface area contributed by atoms with Crippen LogP contribution in [-0.4, -0.2) is 65.6 Å². The summed E-state index contributed by atoms with van der Waals surface area (Å²) < 4.78 is 4.98. The van der Waals surface area contributed by atoms with E-state index >= 15 is 0 Å². The third kappa shape index (κ3) is 2.80. The molecule has 1 aliphatic heterocycles. The predicted octanol–water partition coefficient (Wildman–Crippen LogP) is -1.07. The second-order valence-corrected chi connectivity index (χ2v) is 4.26. The average Bonchev–Trinajstić information content (AvgIpc) is 2.81. The Hall–Kier alpha value is -1.47. The van der Waals surface area contributed by atoms with E-state index in [0.717, 1.165) is 13.1 Å². The number of likely N-dealkylation sites (N-methyl/N-ethyl adjacent to an activating group) is 1. The molecule has 1 saturated heterocycles. The summed E-state index contributed by atoms with van der Waals surface area (Å²) in [5.74, 6) is 0.639. The standard InChI is InChI=1S/C10H17N5O2/c1-14(2)10(16)8-5-11-3-4-15(8)6-9-12-7-13-17-9/h7-8,11H,3-6H2,1-2H3. The minimum absolute atomic E-state index is 0.0942. The largest absolute Gasteiger partial charge is 0.347 e. The summed E-state index contributed by atoms with van der Waals surface area (Å²) in [4.78, 5) is 19.7. The van der Waals surface area contributed by atoms with Gasteiger partial charge in [0, 0.05) is 33.7 Å². The van der Waals surface area contributed by atoms with Crippen molar-refractivity contribution in [3.8, 4) is 0 Å². The van der Waals surface area contributed by atoms with Crippen LogP contribution in [0.3, 0.4) is 0 Å². The van der Waals surface area contributed by atoms with Crippen LogP contribution in [0.2, 0.25) is 0 Å². The van der Waals surface area contributed by atoms with Crippen molar-refractivity contribution in [1.29, 1.82) is 0 Å². The molecule has 0 aromatic carbocycles. The van der Waals surface area contributed by atoms with Crippen molar-refractivity contribution >= 4 is 5.91 Å². The van der Waals surface area contributed by atoms with Crippen LogP contribution in [-0.2, 0) is 11.3 Å². The van der Waals surface area contributed by atoms with E-state index < -0.39 is 0 Å². The molecule has 1 aromatic rings. The van der Waals surface area contributed by atoms with E-state index in [1.54, 1.807) is 19.0 Å². The predicted molar refractivity (Wildman–Crippen MR) is 60.1 cm³/mol. The summed E-state index contributed by atoms with van der Waals surface area (Å²) in [6.07, 6.45) is 1.38. The first-order chi connectivity index (χ1) is 8.18. The van der Waals surface area contributed by atoms with Gasteiger partial charge in [-0.2, -0.15) is 4.98 Å². The van der Waals surface area contributed by atoms with Crippen LogP contribution in [0.5, 0.6) is 0 Å². The van der Waals surface area contributed by atoms with Gasteiger partial charge in [-0.15, -0.1) is 0 Å². The first-order valence-electron chi connectivity index (χ1n) is 5.60. The second-order valence-electron chi connectivity index (χ2n) is 4.26. The normalized spacial score (nSPS) is 21.4. The second kappa shape index (κ2) is 5.24. The molecule has 2 rings (SSSR count). The Balaban J connectivity index is 2.04. The van der Waals surface area contributed by atoms with E-state index in [-0.39, 0.29) is 11.9 Å². The number of nitrogens with zero attached hydrogens (tertiary/aromatic N) is 4. The molecular formula is C10H17N5O2. The van der Waals surface area contributed by atoms with Crippen LogP contribution in [0, 0.1) is 0 Å². The summed E-state index contributed by atoms with van der Waals surface area (Å²) >= 11 is 0. The molecule has 0 bridgehead atoms. The SMILES string of the molecule is CN(C)C(=O)C1CNCCN1Cc1ncno1. The van der Waals surface area contributed by atoms with Crippen molar-refractivity contribution in [2.24, 2.45) is 0 Å². The number of rotatable bonds is 3. The molecule has 1 atom stereocenters. The maximum atomic E-state index is 12.0. The lowest BCUT2D eigenvalue weighted by atomic mass is 10.1. The molecule has 1 amide bonds. The van der Waals surface area contributed by atoms with Crippen molar-refractivity contribution in [3.63, 3.8) is 0 Å². The van der Waals surface area contributed by atoms with Gasteiger partial charge in [-0.3, -0.25) is 9.69 Å². The Morgan fingerprint density at radius 3 is 3.18 bits per heavy atom. The number of amides is 1. The van der Waals surface area contributed by atoms with Crippen LogP contribution in [0.4, 0.5) is 0 Å². The molecule has 1 fully saturated rings. The minimum atomic E-state index is -0.161. The topological polar surface area (TPSA) is 74.5 Å². The van der Waals surface area contributed by atoms with Crippen LogP contribution in [0.25, 0.3) is 0 Å². The van der Waals surface area contributed by atoms with Crippen LogP contribution < -0.4 is 5.32 Å². The summed E-state index contributed by atoms with van der Waals surface area (Å²) in [5, 5.41) is 6.79. The smallest absolute Gasteiger partial charge is 0.240 e. The van der Waals surface area contributed by atoms with Crippen molar-refractivity contribution in [2.45, 2.75) is 12.6 Å². The summed E-state index contributed by atoms with van der Waals surface area (Å²) in [6, 6.07) is -0.161. The zero-order valence-electron chi connectivity index (χ0n) is 10.1. The van der Waals surface area contributed by atoms with Gasteiger partial charge in [0.2, 0.25) is 11.8 Å². The lowest BCUT2D eigenvalue weighted by molar-refractivity contribution is -0.135. The number of hydrogen-bond acceptors (Lipinski definition) is 6. The van der Waals surface area contributed by atoms with E-state index in [1.807, 2.05) is 0 Å². The highest BCUT2D eigenvalue weighted by atomic mass is 16.5. The number of hydrogen-bond donors (Lipinski definition) is 1. The molecule has 7 heteroatoms. The Labute approximate surface area is 99.8 Å². The average molecular weight is 239 g/mol. The summed E-state index contributed by atoms with van der Waals surface area (Å²) in [7, 11) is 3.53. The molecule has 1 unspecified atom stereocenters. The van der Waals surface area contributed by atoms with Gasteiger partial charge in [0.25, 0.3) is 0 Å². The van der Waals surface area contributed by atoms with E-state index in [9.17, 15) is 4.79 Å². The molecule has 1 N–H and O–H groups in total. The number of nitrogens with one attached hydrogen (secondary N) is 1. The van der Waals surface area contributed by atoms with Crippen molar-refractivity contribution < 1.29 is 9.32 Å². The third-order valence-electron chi connectivity index (χ3n) is 2.83. The van der Waals surface area contributed by atoms with Crippen molar-refractivity contribution in [1.82, 2.24) is 25.3 Å². The Morgan fingerprint density at radius 2 is 2.53 bits per heavy atom. The van der Waals surface area contributed by atoms with Gasteiger partial charge < -0.3 is 14.7 Å². The third-order valence-corrected chi connectivity index (χ3v) is 2.83. The van der Waals surface area contributed by atoms with Crippen LogP contribution >= 0.6 is 0 Å². The van der Waals surface area contributed by atoms with Crippen molar-refractivity contribution in [2.75, 3.05) is 33.7 Å². The van der Waals surface area contributed by atoms with E-state index in [4.69, 9.17) is 4.52 Å². The fourth-order valence-corrected chi connectivity index (χ4v) is 1.92. The monoisotopic (exact) mass is 239 g/mol. The highest BCUT2D eigenvalue weighted by Crippen LogP contribution is 2.09. The molecule has 1 aliphatic rings. The number of aromatic nitrogens is 2. The maximum Gasteiger partial charge on any atom is 0.240 e. The van der Waals surface area contributed by atoms with Crippen LogP contribution in [0.1, 0.15) is 5.89 Å². The van der Waals surface area contributed by atoms with Gasteiger partial charge in [-0.25, -0.2) is 0 Å². The Morgan fingerprint density at radius 1 is 1.71 bits per heavy atom. The van der Waals surface area contributed by atoms with Gasteiger partial charge >= 0.3 is 0 Å². The number of piperazine rings is 1. The number of carbonyl (C=O) groups is 1. The first kappa shape index (κ1) is 12.0. The fourth-order valence-electron chi connectivity index (χ4n) is 1.92. The Kier molecular flexibility index (Phi) is 3.70. The lowest BCUT2D eigenvalue weighted by Gasteiger charge is -2.35. The molecular weight excluding hydrogens is 222 g/mol. The molecule has 7 nitrogen and oxygen atoms in total. The summed E-state index contributed by atoms with van der Waals surface area (Å²) in [5.41, 5.74) is 0. The quantitative estimate of drug-likeness (QED) is 0.724. The zero-order chi connectivity index (χ0) is 12.3. The van der Waals surface area contributed by atoms with Gasteiger partial charge in [0.15, 0.2) is 6.33 Å².